The lowest BCUT2D eigenvalue weighted by Crippen LogP contribution is -0.482. The largest absolute Gasteiger partial charge is 0.412 e. The van der Waals surface area contributed by atoms with Crippen LogP contribution < -0.4 is 467 Å². The molecule has 0 saturated heterocycles. The van der Waals surface area contributed by atoms with Crippen LogP contribution in [-0.4, -0.2) is 43.8 Å². The minimum atomic E-state index is 0. The zero-order chi connectivity index (χ0) is 0. The van der Waals surface area contributed by atoms with Crippen LogP contribution in [0.5, 0.6) is 0 Å². The first kappa shape index (κ1) is 45300. The summed E-state index contributed by atoms with van der Waals surface area (Å²) >= 11 is 0. The molecule has 0 spiro atoms. The van der Waals surface area contributed by atoms with Gasteiger partial charge in [0, 0.05) is 0 Å². The SMILES string of the molecule is N.N.N.N.N.N.N.N.N.N.N.N.N.N.N.N.N.N.N.N.N.N.N.N.N.N.N.N.N.N.N.N.N.N.N.N.N.N.N.N.N.N.N.N.N.N.N.N.N.N.N.N.N.N.N.N.N.N.N.N.N.N.N.N.N.N.N.N.N.N.N.N.N.N.N.N.O.O.O.O.O.O.O.O. The average molecular weight is 1440 g/mol. The molecule has 672 valence electrons. The van der Waals surface area contributed by atoms with Gasteiger partial charge in [-0.05, 0) is 0 Å². The quantitative estimate of drug-likeness (QED) is 0.138. The minimum Gasteiger partial charge on any atom is -0.412 e. The molecule has 0 aromatic heterocycles. The van der Waals surface area contributed by atoms with Crippen molar-refractivity contribution in [3.8, 4) is 0 Å². The van der Waals surface area contributed by atoms with Gasteiger partial charge in [-0.15, -0.1) is 0 Å². The Balaban J connectivity index is 0. The third-order valence-electron chi connectivity index (χ3n) is 0. The third-order valence-corrected chi connectivity index (χ3v) is 0. The molecule has 84 nitrogen and oxygen atoms in total. The highest BCUT2D eigenvalue weighted by atomic mass is 16.0. The van der Waals surface area contributed by atoms with Gasteiger partial charge >= 0.3 is 0 Å². The van der Waals surface area contributed by atoms with Gasteiger partial charge < -0.3 is 511 Å². The van der Waals surface area contributed by atoms with Crippen molar-refractivity contribution in [2.24, 2.45) is 0 Å². The summed E-state index contributed by atoms with van der Waals surface area (Å²) < 4.78 is 0. The molecule has 0 aliphatic carbocycles. The van der Waals surface area contributed by atoms with Gasteiger partial charge in [0.05, 0.1) is 0 Å². The molecule has 0 atom stereocenters. The average Bonchev–Trinajstić information content (AvgIpc) is 0. The molecule has 0 aliphatic heterocycles. The highest BCUT2D eigenvalue weighted by molar-refractivity contribution is 2.21. The highest BCUT2D eigenvalue weighted by Crippen LogP contribution is -0.278. The van der Waals surface area contributed by atoms with Gasteiger partial charge in [0.25, 0.3) is 0 Å². The second-order valence-electron chi connectivity index (χ2n) is 0. The summed E-state index contributed by atoms with van der Waals surface area (Å²) in [6, 6.07) is 0. The predicted octanol–water partition coefficient (Wildman–Crippen LogP) is 5.71. The maximum atomic E-state index is 0. The summed E-state index contributed by atoms with van der Waals surface area (Å²) in [5.74, 6) is 0. The van der Waals surface area contributed by atoms with Crippen LogP contribution in [0.4, 0.5) is 0 Å². The standard InChI is InChI=1S/76H3N.8H2O/h76*1H3;8*1H2. The Kier molecular flexibility index (Phi) is 23500000. The Hall–Kier alpha value is -3.36. The lowest BCUT2D eigenvalue weighted by molar-refractivity contribution is 0.823. The summed E-state index contributed by atoms with van der Waals surface area (Å²) in [7, 11) is 0. The van der Waals surface area contributed by atoms with Crippen LogP contribution in [0.1, 0.15) is 0 Å². The van der Waals surface area contributed by atoms with E-state index in [1.54, 1.807) is 0 Å². The van der Waals surface area contributed by atoms with Crippen LogP contribution >= 0.6 is 0 Å². The van der Waals surface area contributed by atoms with Crippen LogP contribution in [0.3, 0.4) is 0 Å². The maximum Gasteiger partial charge on any atom is -0.344 e. The van der Waals surface area contributed by atoms with E-state index in [0.717, 1.165) is 0 Å². The molecule has 0 saturated carbocycles. The molecule has 0 aromatic rings. The fourth-order valence-corrected chi connectivity index (χ4v) is 0. The molecular weight excluding hydrogens is 1190 g/mol. The summed E-state index contributed by atoms with van der Waals surface area (Å²) in [5.41, 5.74) is 0. The van der Waals surface area contributed by atoms with Crippen molar-refractivity contribution in [2.75, 3.05) is 0 Å². The van der Waals surface area contributed by atoms with Crippen molar-refractivity contribution in [1.29, 1.82) is 0 Å². The molecule has 0 fully saturated rings. The molecule has 0 aliphatic rings. The van der Waals surface area contributed by atoms with Crippen LogP contribution in [0.15, 0.2) is 0 Å². The fourth-order valence-electron chi connectivity index (χ4n) is 0. The van der Waals surface area contributed by atoms with Crippen LogP contribution in [0.25, 0.3) is 0 Å². The molecule has 244 N–H and O–H groups in total. The van der Waals surface area contributed by atoms with Crippen molar-refractivity contribution in [3.05, 3.63) is 0 Å². The van der Waals surface area contributed by atoms with Gasteiger partial charge in [-0.25, -0.2) is 0 Å². The highest BCUT2D eigenvalue weighted by Gasteiger charge is -0.265. The van der Waals surface area contributed by atoms with Crippen molar-refractivity contribution in [2.45, 2.75) is 0 Å². The Bertz CT molecular complexity index is 38.1. The molecular formula is H244N76O8. The monoisotopic (exact) mass is 1440 g/mol. The Morgan fingerprint density at radius 2 is 0.0238 bits per heavy atom. The molecule has 0 amide bonds. The van der Waals surface area contributed by atoms with Crippen LogP contribution in [0, 0.1) is 0 Å². The topological polar surface area (TPSA) is 2910 Å². The first-order chi connectivity index (χ1) is 0. The molecule has 0 aromatic carbocycles. The van der Waals surface area contributed by atoms with Gasteiger partial charge in [-0.3, -0.25) is 0 Å². The van der Waals surface area contributed by atoms with Crippen molar-refractivity contribution in [1.82, 2.24) is 467 Å². The molecule has 84 heteroatoms. The minimum absolute atomic E-state index is 0. The molecule has 0 unspecified atom stereocenters. The van der Waals surface area contributed by atoms with Crippen molar-refractivity contribution in [3.63, 3.8) is 0 Å². The lowest BCUT2D eigenvalue weighted by atomic mass is 14.0. The lowest BCUT2D eigenvalue weighted by Gasteiger charge is -0.413. The van der Waals surface area contributed by atoms with E-state index in [2.05, 4.69) is 0 Å². The number of rotatable bonds is 0. The summed E-state index contributed by atoms with van der Waals surface area (Å²) in [5, 5.41) is 0. The first-order valence-corrected chi connectivity index (χ1v) is 0. The second kappa shape index (κ2) is 43600. The Labute approximate surface area is 512 Å². The molecule has 0 rings (SSSR count). The van der Waals surface area contributed by atoms with Gasteiger partial charge in [-0.1, -0.05) is 0 Å². The van der Waals surface area contributed by atoms with Crippen LogP contribution in [-0.2, 0) is 0 Å². The molecule has 0 heterocycles. The zero-order valence-corrected chi connectivity index (χ0v) is 57.7. The smallest absolute Gasteiger partial charge is 0.344 e. The number of hydrogen-bond acceptors (Lipinski definition) is 76. The Morgan fingerprint density at radius 3 is 0.0238 bits per heavy atom. The summed E-state index contributed by atoms with van der Waals surface area (Å²) in [6.07, 6.45) is 0. The van der Waals surface area contributed by atoms with Gasteiger partial charge in [0.1, 0.15) is 0 Å². The van der Waals surface area contributed by atoms with Gasteiger partial charge in [0.15, 0.2) is 0 Å². The van der Waals surface area contributed by atoms with Crippen molar-refractivity contribution >= 4 is 0 Å². The van der Waals surface area contributed by atoms with E-state index in [1.165, 1.54) is 0 Å². The normalized spacial score (nSPS) is 0. The van der Waals surface area contributed by atoms with E-state index >= 15 is 0 Å². The van der Waals surface area contributed by atoms with E-state index < -0.39 is 0 Å². The molecule has 0 bridgehead atoms. The second-order valence-corrected chi connectivity index (χ2v) is 0. The number of hydrogen-bond donors (Lipinski definition) is 76. The Morgan fingerprint density at radius 1 is 0.0238 bits per heavy atom. The van der Waals surface area contributed by atoms with Crippen molar-refractivity contribution < 1.29 is 43.8 Å². The van der Waals surface area contributed by atoms with Crippen LogP contribution in [0.2, 0.25) is 0 Å². The molecule has 0 radical (unpaired) electrons. The summed E-state index contributed by atoms with van der Waals surface area (Å²) in [6.45, 7) is 0. The maximum absolute atomic E-state index is 0. The van der Waals surface area contributed by atoms with Gasteiger partial charge in [-0.2, -0.15) is 0 Å². The molecule has 84 heavy (non-hydrogen) atoms. The predicted molar refractivity (Wildman–Crippen MR) is 411 cm³/mol. The zero-order valence-electron chi connectivity index (χ0n) is 57.7. The summed E-state index contributed by atoms with van der Waals surface area (Å²) in [4.78, 5) is 0. The van der Waals surface area contributed by atoms with Gasteiger partial charge in [0.2, 0.25) is 0 Å². The van der Waals surface area contributed by atoms with E-state index in [4.69, 9.17) is 0 Å². The third kappa shape index (κ3) is 42000. The fraction of sp³-hybridized carbons (Fsp3) is 0. The van der Waals surface area contributed by atoms with E-state index in [-0.39, 0.29) is 511 Å². The van der Waals surface area contributed by atoms with E-state index in [1.807, 2.05) is 0 Å². The van der Waals surface area contributed by atoms with E-state index in [9.17, 15) is 0 Å². The first-order valence-electron chi connectivity index (χ1n) is 0. The van der Waals surface area contributed by atoms with E-state index in [0.29, 0.717) is 0 Å².